The van der Waals surface area contributed by atoms with Crippen LogP contribution in [-0.2, 0) is 26.4 Å². The molecule has 0 saturated heterocycles. The highest BCUT2D eigenvalue weighted by atomic mass is 127. The highest BCUT2D eigenvalue weighted by Crippen LogP contribution is 2.30. The first-order valence-electron chi connectivity index (χ1n) is 9.24. The molecule has 0 radical (unpaired) electrons. The molecule has 4 nitrogen and oxygen atoms in total. The molecule has 5 heteroatoms. The molecule has 1 aromatic carbocycles. The van der Waals surface area contributed by atoms with Crippen LogP contribution in [0, 0.1) is 3.57 Å². The second kappa shape index (κ2) is 7.09. The average molecular weight is 449 g/mol. The van der Waals surface area contributed by atoms with Crippen molar-refractivity contribution in [3.05, 3.63) is 50.4 Å². The minimum Gasteiger partial charge on any atom is -0.330 e. The first-order valence-corrected chi connectivity index (χ1v) is 10.3. The van der Waals surface area contributed by atoms with Gasteiger partial charge in [0.05, 0.1) is 17.8 Å². The largest absolute Gasteiger partial charge is 0.330 e. The van der Waals surface area contributed by atoms with Crippen LogP contribution in [0.3, 0.4) is 0 Å². The maximum Gasteiger partial charge on any atom is 0.255 e. The number of aryl methyl sites for hydroxylation is 1. The number of nitrogens with zero attached hydrogens (tertiary/aromatic N) is 3. The third kappa shape index (κ3) is 3.23. The Balaban J connectivity index is 1.66. The number of carbonyl (C=O) groups excluding carboxylic acids is 1. The topological polar surface area (TPSA) is 38.1 Å². The molecule has 0 spiro atoms. The lowest BCUT2D eigenvalue weighted by molar-refractivity contribution is 0.0659. The minimum atomic E-state index is 0.161. The summed E-state index contributed by atoms with van der Waals surface area (Å²) < 4.78 is 3.06. The molecule has 0 N–H and O–H groups in total. The van der Waals surface area contributed by atoms with Gasteiger partial charge in [-0.2, -0.15) is 5.10 Å². The fourth-order valence-corrected chi connectivity index (χ4v) is 4.98. The van der Waals surface area contributed by atoms with Crippen molar-refractivity contribution in [2.45, 2.75) is 57.5 Å². The summed E-state index contributed by atoms with van der Waals surface area (Å²) in [6.45, 7) is 0.650. The van der Waals surface area contributed by atoms with E-state index in [0.29, 0.717) is 12.6 Å². The van der Waals surface area contributed by atoms with Gasteiger partial charge in [0.1, 0.15) is 0 Å². The third-order valence-corrected chi connectivity index (χ3v) is 6.59. The second-order valence-electron chi connectivity index (χ2n) is 7.20. The van der Waals surface area contributed by atoms with Crippen LogP contribution < -0.4 is 0 Å². The van der Waals surface area contributed by atoms with Crippen molar-refractivity contribution >= 4 is 28.5 Å². The summed E-state index contributed by atoms with van der Waals surface area (Å²) in [5.74, 6) is 0.161. The third-order valence-electron chi connectivity index (χ3n) is 5.65. The van der Waals surface area contributed by atoms with Gasteiger partial charge in [-0.1, -0.05) is 25.0 Å². The first kappa shape index (κ1) is 17.1. The van der Waals surface area contributed by atoms with E-state index in [1.165, 1.54) is 30.5 Å². The van der Waals surface area contributed by atoms with Gasteiger partial charge in [-0.25, -0.2) is 0 Å². The summed E-state index contributed by atoms with van der Waals surface area (Å²) in [6, 6.07) is 8.27. The molecule has 1 heterocycles. The molecule has 132 valence electrons. The van der Waals surface area contributed by atoms with E-state index < -0.39 is 0 Å². The van der Waals surface area contributed by atoms with E-state index in [4.69, 9.17) is 5.10 Å². The van der Waals surface area contributed by atoms with Gasteiger partial charge in [-0.05, 0) is 72.4 Å². The molecule has 1 saturated carbocycles. The van der Waals surface area contributed by atoms with E-state index >= 15 is 0 Å². The Bertz CT molecular complexity index is 792. The standard InChI is InChI=1S/C20H24IN3O/c1-23-19-12-6-10-16(19)18(22-23)13-24(14-7-2-3-8-14)20(25)15-9-4-5-11-17(15)21/h4-5,9,11,14H,2-3,6-8,10,12-13H2,1H3. The van der Waals surface area contributed by atoms with Crippen LogP contribution in [0.25, 0.3) is 0 Å². The number of carbonyl (C=O) groups is 1. The number of hydrogen-bond donors (Lipinski definition) is 0. The highest BCUT2D eigenvalue weighted by molar-refractivity contribution is 14.1. The second-order valence-corrected chi connectivity index (χ2v) is 8.36. The lowest BCUT2D eigenvalue weighted by Crippen LogP contribution is -2.39. The van der Waals surface area contributed by atoms with E-state index in [-0.39, 0.29) is 5.91 Å². The van der Waals surface area contributed by atoms with Crippen molar-refractivity contribution in [3.63, 3.8) is 0 Å². The van der Waals surface area contributed by atoms with Crippen molar-refractivity contribution in [2.24, 2.45) is 7.05 Å². The summed E-state index contributed by atoms with van der Waals surface area (Å²) in [7, 11) is 2.04. The summed E-state index contributed by atoms with van der Waals surface area (Å²) >= 11 is 2.27. The molecule has 2 aromatic rings. The van der Waals surface area contributed by atoms with Crippen molar-refractivity contribution < 1.29 is 4.79 Å². The van der Waals surface area contributed by atoms with Gasteiger partial charge in [0.15, 0.2) is 0 Å². The number of rotatable bonds is 4. The normalized spacial score (nSPS) is 17.0. The van der Waals surface area contributed by atoms with Crippen LogP contribution in [0.1, 0.15) is 59.4 Å². The zero-order valence-electron chi connectivity index (χ0n) is 14.7. The van der Waals surface area contributed by atoms with E-state index in [1.54, 1.807) is 0 Å². The van der Waals surface area contributed by atoms with Crippen molar-refractivity contribution in [1.82, 2.24) is 14.7 Å². The molecule has 1 amide bonds. The predicted octanol–water partition coefficient (Wildman–Crippen LogP) is 4.10. The van der Waals surface area contributed by atoms with Gasteiger partial charge < -0.3 is 4.90 Å². The molecular formula is C20H24IN3O. The monoisotopic (exact) mass is 449 g/mol. The number of benzene rings is 1. The molecule has 4 rings (SSSR count). The van der Waals surface area contributed by atoms with Gasteiger partial charge >= 0.3 is 0 Å². The van der Waals surface area contributed by atoms with Crippen LogP contribution >= 0.6 is 22.6 Å². The smallest absolute Gasteiger partial charge is 0.255 e. The predicted molar refractivity (Wildman–Crippen MR) is 107 cm³/mol. The molecule has 0 unspecified atom stereocenters. The Hall–Kier alpha value is -1.37. The molecule has 1 fully saturated rings. The number of hydrogen-bond acceptors (Lipinski definition) is 2. The number of aromatic nitrogens is 2. The number of halogens is 1. The fourth-order valence-electron chi connectivity index (χ4n) is 4.36. The maximum absolute atomic E-state index is 13.4. The van der Waals surface area contributed by atoms with Crippen LogP contribution in [0.15, 0.2) is 24.3 Å². The number of fused-ring (bicyclic) bond motifs is 1. The molecule has 0 aliphatic heterocycles. The van der Waals surface area contributed by atoms with Crippen LogP contribution in [0.2, 0.25) is 0 Å². The summed E-state index contributed by atoms with van der Waals surface area (Å²) in [5.41, 5.74) is 4.69. The van der Waals surface area contributed by atoms with Gasteiger partial charge in [0, 0.05) is 22.4 Å². The van der Waals surface area contributed by atoms with Crippen molar-refractivity contribution in [3.8, 4) is 0 Å². The van der Waals surface area contributed by atoms with Gasteiger partial charge in [0.25, 0.3) is 5.91 Å². The zero-order valence-corrected chi connectivity index (χ0v) is 16.8. The van der Waals surface area contributed by atoms with E-state index in [0.717, 1.165) is 40.5 Å². The SMILES string of the molecule is Cn1nc(CN(C(=O)c2ccccc2I)C2CCCC2)c2c1CCC2. The van der Waals surface area contributed by atoms with Crippen molar-refractivity contribution in [2.75, 3.05) is 0 Å². The van der Waals surface area contributed by atoms with Gasteiger partial charge in [-0.3, -0.25) is 9.48 Å². The van der Waals surface area contributed by atoms with Crippen LogP contribution in [-0.4, -0.2) is 26.6 Å². The summed E-state index contributed by atoms with van der Waals surface area (Å²) in [6.07, 6.45) is 8.11. The van der Waals surface area contributed by atoms with E-state index in [9.17, 15) is 4.79 Å². The molecule has 0 atom stereocenters. The van der Waals surface area contributed by atoms with E-state index in [1.807, 2.05) is 36.0 Å². The molecule has 25 heavy (non-hydrogen) atoms. The summed E-state index contributed by atoms with van der Waals surface area (Å²) in [5, 5.41) is 4.76. The minimum absolute atomic E-state index is 0.161. The molecule has 1 aromatic heterocycles. The highest BCUT2D eigenvalue weighted by Gasteiger charge is 2.31. The Kier molecular flexibility index (Phi) is 4.84. The van der Waals surface area contributed by atoms with Gasteiger partial charge in [0.2, 0.25) is 0 Å². The lowest BCUT2D eigenvalue weighted by Gasteiger charge is -2.29. The maximum atomic E-state index is 13.4. The molecule has 2 aliphatic carbocycles. The molecule has 0 bridgehead atoms. The Morgan fingerprint density at radius 1 is 1.24 bits per heavy atom. The van der Waals surface area contributed by atoms with Crippen molar-refractivity contribution in [1.29, 1.82) is 0 Å². The zero-order chi connectivity index (χ0) is 17.4. The Morgan fingerprint density at radius 2 is 2.00 bits per heavy atom. The average Bonchev–Trinajstić information content (AvgIpc) is 3.33. The van der Waals surface area contributed by atoms with Gasteiger partial charge in [-0.15, -0.1) is 0 Å². The van der Waals surface area contributed by atoms with Crippen LogP contribution in [0.4, 0.5) is 0 Å². The Labute approximate surface area is 162 Å². The summed E-state index contributed by atoms with van der Waals surface area (Å²) in [4.78, 5) is 15.5. The Morgan fingerprint density at radius 3 is 2.76 bits per heavy atom. The molecule has 2 aliphatic rings. The van der Waals surface area contributed by atoms with E-state index in [2.05, 4.69) is 27.5 Å². The first-order chi connectivity index (χ1) is 12.1. The molecular weight excluding hydrogens is 425 g/mol. The number of amides is 1. The quantitative estimate of drug-likeness (QED) is 0.660. The fraction of sp³-hybridized carbons (Fsp3) is 0.500. The van der Waals surface area contributed by atoms with Crippen LogP contribution in [0.5, 0.6) is 0 Å². The lowest BCUT2D eigenvalue weighted by atomic mass is 10.1.